The van der Waals surface area contributed by atoms with Crippen LogP contribution in [0, 0.1) is 0 Å². The fourth-order valence-corrected chi connectivity index (χ4v) is 1.89. The van der Waals surface area contributed by atoms with Gasteiger partial charge in [0.25, 0.3) is 11.8 Å². The monoisotopic (exact) mass is 280 g/mol. The number of benzene rings is 2. The Morgan fingerprint density at radius 2 is 1.62 bits per heavy atom. The van der Waals surface area contributed by atoms with E-state index in [0.29, 0.717) is 16.8 Å². The summed E-state index contributed by atoms with van der Waals surface area (Å²) in [5.74, 6) is -0.844. The van der Waals surface area contributed by atoms with E-state index < -0.39 is 5.91 Å². The minimum Gasteiger partial charge on any atom is -0.366 e. The number of carbonyl (C=O) groups is 2. The second kappa shape index (κ2) is 6.52. The molecule has 0 aliphatic rings. The number of nitrogens with two attached hydrogens (primary N) is 1. The van der Waals surface area contributed by atoms with Gasteiger partial charge in [0.15, 0.2) is 0 Å². The molecule has 2 amide bonds. The summed E-state index contributed by atoms with van der Waals surface area (Å²) in [4.78, 5) is 23.5. The Hall–Kier alpha value is -2.88. The van der Waals surface area contributed by atoms with Crippen LogP contribution in [0.1, 0.15) is 22.8 Å². The number of para-hydroxylation sites is 1. The lowest BCUT2D eigenvalue weighted by Crippen LogP contribution is -2.18. The fourth-order valence-electron chi connectivity index (χ4n) is 1.89. The predicted octanol–water partition coefficient (Wildman–Crippen LogP) is 2.83. The summed E-state index contributed by atoms with van der Waals surface area (Å²) < 4.78 is 0. The van der Waals surface area contributed by atoms with Gasteiger partial charge in [-0.2, -0.15) is 0 Å². The molecule has 4 nitrogen and oxygen atoms in total. The molecule has 0 atom stereocenters. The van der Waals surface area contributed by atoms with Gasteiger partial charge in [0.1, 0.15) is 0 Å². The topological polar surface area (TPSA) is 72.2 Å². The third-order valence-corrected chi connectivity index (χ3v) is 2.98. The Balaban J connectivity index is 2.19. The largest absolute Gasteiger partial charge is 0.366 e. The van der Waals surface area contributed by atoms with Gasteiger partial charge in [-0.15, -0.1) is 0 Å². The van der Waals surface area contributed by atoms with Gasteiger partial charge in [-0.3, -0.25) is 9.59 Å². The van der Waals surface area contributed by atoms with Crippen LogP contribution in [0.3, 0.4) is 0 Å². The van der Waals surface area contributed by atoms with Gasteiger partial charge in [-0.05, 0) is 30.7 Å². The highest BCUT2D eigenvalue weighted by Crippen LogP contribution is 2.16. The van der Waals surface area contributed by atoms with Crippen LogP contribution in [0.25, 0.3) is 6.08 Å². The first-order valence-electron chi connectivity index (χ1n) is 6.51. The van der Waals surface area contributed by atoms with Crippen molar-refractivity contribution >= 4 is 23.6 Å². The Labute approximate surface area is 123 Å². The summed E-state index contributed by atoms with van der Waals surface area (Å²) in [6, 6.07) is 16.2. The molecule has 0 fully saturated rings. The predicted molar refractivity (Wildman–Crippen MR) is 83.7 cm³/mol. The Kier molecular flexibility index (Phi) is 4.51. The van der Waals surface area contributed by atoms with Gasteiger partial charge in [0.05, 0.1) is 11.3 Å². The molecule has 3 N–H and O–H groups in total. The molecule has 0 saturated carbocycles. The zero-order valence-corrected chi connectivity index (χ0v) is 11.7. The second-order valence-corrected chi connectivity index (χ2v) is 4.60. The van der Waals surface area contributed by atoms with Crippen molar-refractivity contribution in [2.75, 3.05) is 5.32 Å². The van der Waals surface area contributed by atoms with Gasteiger partial charge in [-0.25, -0.2) is 0 Å². The summed E-state index contributed by atoms with van der Waals surface area (Å²) in [5, 5.41) is 2.70. The first kappa shape index (κ1) is 14.5. The molecule has 0 radical (unpaired) electrons. The Bertz CT molecular complexity index is 691. The zero-order chi connectivity index (χ0) is 15.2. The van der Waals surface area contributed by atoms with Crippen molar-refractivity contribution < 1.29 is 9.59 Å². The molecule has 0 saturated heterocycles. The maximum absolute atomic E-state index is 12.2. The lowest BCUT2D eigenvalue weighted by Gasteiger charge is -2.09. The lowest BCUT2D eigenvalue weighted by molar-refractivity contribution is -0.112. The fraction of sp³-hybridized carbons (Fsp3) is 0.0588. The van der Waals surface area contributed by atoms with E-state index >= 15 is 0 Å². The van der Waals surface area contributed by atoms with Crippen molar-refractivity contribution in [3.05, 3.63) is 71.3 Å². The first-order chi connectivity index (χ1) is 10.1. The van der Waals surface area contributed by atoms with Crippen molar-refractivity contribution in [1.82, 2.24) is 0 Å². The van der Waals surface area contributed by atoms with Crippen LogP contribution >= 0.6 is 0 Å². The number of hydrogen-bond acceptors (Lipinski definition) is 2. The van der Waals surface area contributed by atoms with Crippen LogP contribution in [0.2, 0.25) is 0 Å². The zero-order valence-electron chi connectivity index (χ0n) is 11.7. The van der Waals surface area contributed by atoms with E-state index in [9.17, 15) is 9.59 Å². The molecule has 2 aromatic carbocycles. The van der Waals surface area contributed by atoms with Gasteiger partial charge in [0.2, 0.25) is 0 Å². The molecule has 2 rings (SSSR count). The first-order valence-corrected chi connectivity index (χ1v) is 6.51. The van der Waals surface area contributed by atoms with Crippen molar-refractivity contribution in [3.8, 4) is 0 Å². The van der Waals surface area contributed by atoms with Crippen molar-refractivity contribution in [1.29, 1.82) is 0 Å². The molecule has 0 unspecified atom stereocenters. The average molecular weight is 280 g/mol. The maximum Gasteiger partial charge on any atom is 0.251 e. The Morgan fingerprint density at radius 1 is 1.00 bits per heavy atom. The van der Waals surface area contributed by atoms with Crippen LogP contribution in [-0.4, -0.2) is 11.8 Å². The lowest BCUT2D eigenvalue weighted by atomic mass is 10.1. The number of rotatable bonds is 4. The molecule has 0 aliphatic carbocycles. The molecule has 106 valence electrons. The van der Waals surface area contributed by atoms with Gasteiger partial charge < -0.3 is 11.1 Å². The van der Waals surface area contributed by atoms with E-state index in [1.54, 1.807) is 37.3 Å². The summed E-state index contributed by atoms with van der Waals surface area (Å²) >= 11 is 0. The maximum atomic E-state index is 12.2. The van der Waals surface area contributed by atoms with Gasteiger partial charge in [0, 0.05) is 5.57 Å². The van der Waals surface area contributed by atoms with Crippen molar-refractivity contribution in [2.24, 2.45) is 5.73 Å². The second-order valence-electron chi connectivity index (χ2n) is 4.60. The quantitative estimate of drug-likeness (QED) is 0.845. The number of amides is 2. The number of primary amides is 1. The molecule has 0 spiro atoms. The number of carbonyl (C=O) groups excluding carboxylic acids is 2. The normalized spacial score (nSPS) is 11.0. The molecule has 0 bridgehead atoms. The smallest absolute Gasteiger partial charge is 0.251 e. The van der Waals surface area contributed by atoms with E-state index in [4.69, 9.17) is 5.73 Å². The molecule has 4 heteroatoms. The Morgan fingerprint density at radius 3 is 2.29 bits per heavy atom. The standard InChI is InChI=1S/C17H16N2O2/c1-12(11-13-7-3-2-4-8-13)17(21)19-15-10-6-5-9-14(15)16(18)20/h2-11H,1H3,(H2,18,20)(H,19,21)/b12-11+. The van der Waals surface area contributed by atoms with Crippen LogP contribution in [0.15, 0.2) is 60.2 Å². The van der Waals surface area contributed by atoms with E-state index in [0.717, 1.165) is 5.56 Å². The molecule has 0 heterocycles. The van der Waals surface area contributed by atoms with Crippen LogP contribution in [0.5, 0.6) is 0 Å². The van der Waals surface area contributed by atoms with Crippen LogP contribution in [-0.2, 0) is 4.79 Å². The van der Waals surface area contributed by atoms with E-state index in [1.807, 2.05) is 30.3 Å². The highest BCUT2D eigenvalue weighted by molar-refractivity contribution is 6.09. The SMILES string of the molecule is C/C(=C\c1ccccc1)C(=O)Nc1ccccc1C(N)=O. The third-order valence-electron chi connectivity index (χ3n) is 2.98. The minimum absolute atomic E-state index is 0.271. The number of hydrogen-bond donors (Lipinski definition) is 2. The highest BCUT2D eigenvalue weighted by atomic mass is 16.2. The highest BCUT2D eigenvalue weighted by Gasteiger charge is 2.11. The van der Waals surface area contributed by atoms with E-state index in [2.05, 4.69) is 5.32 Å². The van der Waals surface area contributed by atoms with E-state index in [1.165, 1.54) is 0 Å². The minimum atomic E-state index is -0.574. The van der Waals surface area contributed by atoms with Crippen molar-refractivity contribution in [2.45, 2.75) is 6.92 Å². The number of nitrogens with one attached hydrogen (secondary N) is 1. The molecule has 0 aliphatic heterocycles. The van der Waals surface area contributed by atoms with Gasteiger partial charge in [-0.1, -0.05) is 42.5 Å². The summed E-state index contributed by atoms with van der Waals surface area (Å²) in [6.07, 6.45) is 1.78. The molecular formula is C17H16N2O2. The van der Waals surface area contributed by atoms with Gasteiger partial charge >= 0.3 is 0 Å². The molecule has 21 heavy (non-hydrogen) atoms. The summed E-state index contributed by atoms with van der Waals surface area (Å²) in [6.45, 7) is 1.72. The van der Waals surface area contributed by atoms with Crippen molar-refractivity contribution in [3.63, 3.8) is 0 Å². The molecule has 2 aromatic rings. The van der Waals surface area contributed by atoms with E-state index in [-0.39, 0.29) is 5.91 Å². The molecule has 0 aromatic heterocycles. The third kappa shape index (κ3) is 3.79. The average Bonchev–Trinajstić information content (AvgIpc) is 2.48. The summed E-state index contributed by atoms with van der Waals surface area (Å²) in [7, 11) is 0. The van der Waals surface area contributed by atoms with Crippen LogP contribution in [0.4, 0.5) is 5.69 Å². The van der Waals surface area contributed by atoms with Crippen LogP contribution < -0.4 is 11.1 Å². The molecular weight excluding hydrogens is 264 g/mol. The number of anilines is 1. The summed E-state index contributed by atoms with van der Waals surface area (Å²) in [5.41, 5.74) is 7.47.